The van der Waals surface area contributed by atoms with Crippen LogP contribution in [0, 0.1) is 6.92 Å². The molecule has 1 aromatic carbocycles. The summed E-state index contributed by atoms with van der Waals surface area (Å²) in [7, 11) is 1.79. The number of halogens is 1. The fourth-order valence-electron chi connectivity index (χ4n) is 3.24. The van der Waals surface area contributed by atoms with Crippen molar-refractivity contribution in [2.24, 2.45) is 4.99 Å². The molecule has 5 nitrogen and oxygen atoms in total. The molecule has 1 aromatic heterocycles. The largest absolute Gasteiger partial charge is 0.352 e. The van der Waals surface area contributed by atoms with Gasteiger partial charge in [-0.15, -0.1) is 24.0 Å². The fraction of sp³-hybridized carbons (Fsp3) is 0.429. The number of aromatic nitrogens is 1. The minimum Gasteiger partial charge on any atom is -0.352 e. The molecule has 0 radical (unpaired) electrons. The normalized spacial score (nSPS) is 14.7. The average molecular weight is 479 g/mol. The number of guanidine groups is 1. The molecule has 3 rings (SSSR count). The van der Waals surface area contributed by atoms with Crippen molar-refractivity contribution in [2.75, 3.05) is 20.1 Å². The Bertz CT molecular complexity index is 724. The third-order valence-corrected chi connectivity index (χ3v) is 4.85. The predicted molar refractivity (Wildman–Crippen MR) is 122 cm³/mol. The molecule has 1 saturated heterocycles. The quantitative estimate of drug-likeness (QED) is 0.379. The number of nitrogens with one attached hydrogen (secondary N) is 2. The van der Waals surface area contributed by atoms with E-state index in [1.54, 1.807) is 7.05 Å². The number of aliphatic imine (C=N–C) groups is 1. The van der Waals surface area contributed by atoms with Gasteiger partial charge in [0.1, 0.15) is 0 Å². The Balaban J connectivity index is 0.00000261. The van der Waals surface area contributed by atoms with Gasteiger partial charge in [0.15, 0.2) is 5.96 Å². The van der Waals surface area contributed by atoms with Crippen LogP contribution in [0.3, 0.4) is 0 Å². The summed E-state index contributed by atoms with van der Waals surface area (Å²) in [5.74, 6) is 0.788. The molecule has 0 aliphatic carbocycles. The molecule has 0 amide bonds. The Labute approximate surface area is 179 Å². The van der Waals surface area contributed by atoms with E-state index in [4.69, 9.17) is 0 Å². The third kappa shape index (κ3) is 6.77. The van der Waals surface area contributed by atoms with E-state index in [-0.39, 0.29) is 24.0 Å². The van der Waals surface area contributed by atoms with Crippen LogP contribution in [-0.4, -0.2) is 36.0 Å². The topological polar surface area (TPSA) is 52.6 Å². The zero-order valence-electron chi connectivity index (χ0n) is 16.2. The van der Waals surface area contributed by atoms with Crippen molar-refractivity contribution in [3.05, 3.63) is 65.0 Å². The highest BCUT2D eigenvalue weighted by atomic mass is 127. The summed E-state index contributed by atoms with van der Waals surface area (Å²) in [4.78, 5) is 11.2. The van der Waals surface area contributed by atoms with Crippen LogP contribution in [0.25, 0.3) is 0 Å². The van der Waals surface area contributed by atoms with Gasteiger partial charge in [-0.1, -0.05) is 30.3 Å². The molecular weight excluding hydrogens is 449 g/mol. The number of rotatable bonds is 6. The average Bonchev–Trinajstić information content (AvgIpc) is 3.17. The maximum absolute atomic E-state index is 4.41. The van der Waals surface area contributed by atoms with Crippen molar-refractivity contribution in [3.63, 3.8) is 0 Å². The van der Waals surface area contributed by atoms with Crippen LogP contribution >= 0.6 is 24.0 Å². The SMILES string of the molecule is CN=C(NCc1ccc(CN2CCCC2)cc1)NCc1ncccc1C.I. The molecule has 2 aromatic rings. The van der Waals surface area contributed by atoms with Gasteiger partial charge < -0.3 is 10.6 Å². The first-order valence-corrected chi connectivity index (χ1v) is 9.40. The van der Waals surface area contributed by atoms with E-state index in [1.165, 1.54) is 42.6 Å². The van der Waals surface area contributed by atoms with Crippen molar-refractivity contribution in [3.8, 4) is 0 Å². The van der Waals surface area contributed by atoms with Crippen molar-refractivity contribution >= 4 is 29.9 Å². The van der Waals surface area contributed by atoms with E-state index in [9.17, 15) is 0 Å². The Morgan fingerprint density at radius 3 is 2.37 bits per heavy atom. The molecule has 1 aliphatic heterocycles. The number of pyridine rings is 1. The molecule has 0 atom stereocenters. The van der Waals surface area contributed by atoms with Gasteiger partial charge in [-0.05, 0) is 55.6 Å². The first-order chi connectivity index (χ1) is 12.7. The van der Waals surface area contributed by atoms with Crippen LogP contribution in [0.1, 0.15) is 35.2 Å². The Morgan fingerprint density at radius 2 is 1.70 bits per heavy atom. The molecule has 146 valence electrons. The van der Waals surface area contributed by atoms with E-state index in [0.717, 1.165) is 24.7 Å². The van der Waals surface area contributed by atoms with E-state index in [1.807, 2.05) is 12.3 Å². The monoisotopic (exact) mass is 479 g/mol. The molecule has 1 aliphatic rings. The molecule has 27 heavy (non-hydrogen) atoms. The van der Waals surface area contributed by atoms with Gasteiger partial charge >= 0.3 is 0 Å². The number of likely N-dealkylation sites (tertiary alicyclic amines) is 1. The Hall–Kier alpha value is -1.67. The van der Waals surface area contributed by atoms with Gasteiger partial charge in [0, 0.05) is 26.3 Å². The molecule has 0 saturated carbocycles. The second-order valence-corrected chi connectivity index (χ2v) is 6.85. The standard InChI is InChI=1S/C21H29N5.HI/c1-17-6-5-11-23-20(17)15-25-21(22-2)24-14-18-7-9-19(10-8-18)16-26-12-3-4-13-26;/h5-11H,3-4,12-16H2,1-2H3,(H2,22,24,25);1H. The highest BCUT2D eigenvalue weighted by molar-refractivity contribution is 14.0. The van der Waals surface area contributed by atoms with Crippen molar-refractivity contribution < 1.29 is 0 Å². The first-order valence-electron chi connectivity index (χ1n) is 9.40. The smallest absolute Gasteiger partial charge is 0.191 e. The number of benzene rings is 1. The van der Waals surface area contributed by atoms with E-state index >= 15 is 0 Å². The van der Waals surface area contributed by atoms with E-state index in [2.05, 4.69) is 62.8 Å². The molecule has 0 spiro atoms. The Kier molecular flexibility index (Phi) is 9.00. The molecule has 1 fully saturated rings. The van der Waals surface area contributed by atoms with Crippen molar-refractivity contribution in [2.45, 2.75) is 39.4 Å². The van der Waals surface area contributed by atoms with Crippen LogP contribution in [0.15, 0.2) is 47.6 Å². The minimum atomic E-state index is 0. The molecule has 0 unspecified atom stereocenters. The predicted octanol–water partition coefficient (Wildman–Crippen LogP) is 3.47. The molecule has 6 heteroatoms. The lowest BCUT2D eigenvalue weighted by atomic mass is 10.1. The summed E-state index contributed by atoms with van der Waals surface area (Å²) in [6.45, 7) is 7.04. The van der Waals surface area contributed by atoms with E-state index < -0.39 is 0 Å². The summed E-state index contributed by atoms with van der Waals surface area (Å²) in [6.07, 6.45) is 4.50. The zero-order chi connectivity index (χ0) is 18.2. The molecule has 2 N–H and O–H groups in total. The highest BCUT2D eigenvalue weighted by Crippen LogP contribution is 2.13. The number of hydrogen-bond acceptors (Lipinski definition) is 3. The molecular formula is C21H30IN5. The Morgan fingerprint density at radius 1 is 1.04 bits per heavy atom. The van der Waals surface area contributed by atoms with Crippen LogP contribution in [0.2, 0.25) is 0 Å². The zero-order valence-corrected chi connectivity index (χ0v) is 18.6. The van der Waals surface area contributed by atoms with Crippen LogP contribution in [-0.2, 0) is 19.6 Å². The third-order valence-electron chi connectivity index (χ3n) is 4.85. The lowest BCUT2D eigenvalue weighted by molar-refractivity contribution is 0.331. The summed E-state index contributed by atoms with van der Waals surface area (Å²) >= 11 is 0. The van der Waals surface area contributed by atoms with Crippen molar-refractivity contribution in [1.29, 1.82) is 0 Å². The summed E-state index contributed by atoms with van der Waals surface area (Å²) in [5.41, 5.74) is 4.88. The highest BCUT2D eigenvalue weighted by Gasteiger charge is 2.11. The number of aryl methyl sites for hydroxylation is 1. The second kappa shape index (κ2) is 11.2. The molecule has 0 bridgehead atoms. The van der Waals surface area contributed by atoms with Gasteiger partial charge in [-0.25, -0.2) is 0 Å². The van der Waals surface area contributed by atoms with Gasteiger partial charge in [0.25, 0.3) is 0 Å². The minimum absolute atomic E-state index is 0. The summed E-state index contributed by atoms with van der Waals surface area (Å²) < 4.78 is 0. The lowest BCUT2D eigenvalue weighted by Gasteiger charge is -2.15. The van der Waals surface area contributed by atoms with Crippen LogP contribution in [0.4, 0.5) is 0 Å². The van der Waals surface area contributed by atoms with Crippen LogP contribution < -0.4 is 10.6 Å². The summed E-state index contributed by atoms with van der Waals surface area (Å²) in [6, 6.07) is 12.9. The lowest BCUT2D eigenvalue weighted by Crippen LogP contribution is -2.36. The fourth-order valence-corrected chi connectivity index (χ4v) is 3.24. The molecule has 2 heterocycles. The van der Waals surface area contributed by atoms with Crippen molar-refractivity contribution in [1.82, 2.24) is 20.5 Å². The maximum Gasteiger partial charge on any atom is 0.191 e. The van der Waals surface area contributed by atoms with E-state index in [0.29, 0.717) is 6.54 Å². The van der Waals surface area contributed by atoms with Gasteiger partial charge in [-0.2, -0.15) is 0 Å². The van der Waals surface area contributed by atoms with Gasteiger partial charge in [0.05, 0.1) is 12.2 Å². The van der Waals surface area contributed by atoms with Gasteiger partial charge in [-0.3, -0.25) is 14.9 Å². The van der Waals surface area contributed by atoms with Gasteiger partial charge in [0.2, 0.25) is 0 Å². The summed E-state index contributed by atoms with van der Waals surface area (Å²) in [5, 5.41) is 6.69. The number of hydrogen-bond donors (Lipinski definition) is 2. The maximum atomic E-state index is 4.41. The second-order valence-electron chi connectivity index (χ2n) is 6.85. The number of nitrogens with zero attached hydrogens (tertiary/aromatic N) is 3. The van der Waals surface area contributed by atoms with Crippen LogP contribution in [0.5, 0.6) is 0 Å². The first kappa shape index (κ1) is 21.6.